The third kappa shape index (κ3) is 5.40. The van der Waals surface area contributed by atoms with E-state index in [1.807, 2.05) is 0 Å². The van der Waals surface area contributed by atoms with Crippen molar-refractivity contribution in [2.75, 3.05) is 34.0 Å². The monoisotopic (exact) mass is 538 g/mol. The van der Waals surface area contributed by atoms with Crippen molar-refractivity contribution in [3.63, 3.8) is 0 Å². The molecule has 4 rings (SSSR count). The first-order valence-corrected chi connectivity index (χ1v) is 12.2. The molecule has 0 bridgehead atoms. The predicted molar refractivity (Wildman–Crippen MR) is 130 cm³/mol. The molecule has 9 atom stereocenters. The number of aliphatic hydroxyl groups excluding tert-OH is 5. The number of methoxy groups -OCH3 is 2. The van der Waals surface area contributed by atoms with Gasteiger partial charge in [0.2, 0.25) is 0 Å². The van der Waals surface area contributed by atoms with Crippen LogP contribution in [0.4, 0.5) is 0 Å². The van der Waals surface area contributed by atoms with Crippen molar-refractivity contribution in [3.05, 3.63) is 47.5 Å². The van der Waals surface area contributed by atoms with Gasteiger partial charge in [0, 0.05) is 18.4 Å². The van der Waals surface area contributed by atoms with E-state index >= 15 is 0 Å². The first-order valence-electron chi connectivity index (χ1n) is 12.2. The third-order valence-corrected chi connectivity index (χ3v) is 7.20. The summed E-state index contributed by atoms with van der Waals surface area (Å²) >= 11 is 0. The number of hydrogen-bond donors (Lipinski definition) is 7. The van der Waals surface area contributed by atoms with Crippen LogP contribution in [0.1, 0.15) is 23.3 Å². The van der Waals surface area contributed by atoms with Gasteiger partial charge in [0.05, 0.1) is 39.6 Å². The quantitative estimate of drug-likeness (QED) is 0.226. The van der Waals surface area contributed by atoms with E-state index in [0.717, 1.165) is 0 Å². The Balaban J connectivity index is 1.65. The lowest BCUT2D eigenvalue weighted by atomic mass is 9.83. The van der Waals surface area contributed by atoms with Gasteiger partial charge in [0.1, 0.15) is 24.4 Å². The Morgan fingerprint density at radius 1 is 0.711 bits per heavy atom. The molecule has 0 radical (unpaired) electrons. The summed E-state index contributed by atoms with van der Waals surface area (Å²) in [5.74, 6) is -0.758. The molecule has 0 aromatic heterocycles. The van der Waals surface area contributed by atoms with Gasteiger partial charge in [0.15, 0.2) is 29.3 Å². The van der Waals surface area contributed by atoms with Gasteiger partial charge < -0.3 is 59.4 Å². The van der Waals surface area contributed by atoms with E-state index < -0.39 is 61.4 Å². The second-order valence-corrected chi connectivity index (χ2v) is 9.38. The molecule has 2 aliphatic heterocycles. The van der Waals surface area contributed by atoms with Crippen LogP contribution in [0.2, 0.25) is 0 Å². The van der Waals surface area contributed by atoms with Gasteiger partial charge in [0.25, 0.3) is 0 Å². The molecular formula is C26H34O12. The molecule has 2 aromatic rings. The number of rotatable bonds is 9. The minimum atomic E-state index is -1.60. The SMILES string of the molecule is COc1cc([C@@H]2O[C@@H](c3ccc(O)c(OC)c3)[C@@H](CO)[C@H]2CO[C@H]2O[C@H](CO)[C@@H](O)[C@H](O)[C@H]2O)ccc1O. The van der Waals surface area contributed by atoms with E-state index in [0.29, 0.717) is 11.1 Å². The molecule has 0 unspecified atom stereocenters. The Kier molecular flexibility index (Phi) is 8.96. The Labute approximate surface area is 219 Å². The molecule has 12 heteroatoms. The Bertz CT molecular complexity index is 1080. The second kappa shape index (κ2) is 12.0. The summed E-state index contributed by atoms with van der Waals surface area (Å²) in [6.45, 7) is -1.03. The van der Waals surface area contributed by atoms with Gasteiger partial charge in [-0.15, -0.1) is 0 Å². The summed E-state index contributed by atoms with van der Waals surface area (Å²) in [4.78, 5) is 0. The summed E-state index contributed by atoms with van der Waals surface area (Å²) in [5, 5.41) is 70.6. The highest BCUT2D eigenvalue weighted by Gasteiger charge is 2.48. The highest BCUT2D eigenvalue weighted by atomic mass is 16.7. The molecule has 7 N–H and O–H groups in total. The van der Waals surface area contributed by atoms with Crippen LogP contribution in [0.25, 0.3) is 0 Å². The summed E-state index contributed by atoms with van der Waals surface area (Å²) in [5.41, 5.74) is 1.25. The summed E-state index contributed by atoms with van der Waals surface area (Å²) in [7, 11) is 2.83. The lowest BCUT2D eigenvalue weighted by molar-refractivity contribution is -0.304. The zero-order valence-corrected chi connectivity index (χ0v) is 21.0. The molecule has 2 aromatic carbocycles. The molecule has 2 saturated heterocycles. The van der Waals surface area contributed by atoms with Crippen LogP contribution in [0.3, 0.4) is 0 Å². The fraction of sp³-hybridized carbons (Fsp3) is 0.538. The van der Waals surface area contributed by atoms with Crippen LogP contribution in [-0.4, -0.2) is 100 Å². The van der Waals surface area contributed by atoms with E-state index in [2.05, 4.69) is 0 Å². The number of aromatic hydroxyl groups is 2. The number of phenols is 2. The molecule has 2 aliphatic rings. The molecule has 0 amide bonds. The molecule has 0 spiro atoms. The van der Waals surface area contributed by atoms with Gasteiger partial charge >= 0.3 is 0 Å². The van der Waals surface area contributed by atoms with Crippen molar-refractivity contribution < 1.29 is 59.4 Å². The van der Waals surface area contributed by atoms with Crippen LogP contribution in [0.5, 0.6) is 23.0 Å². The van der Waals surface area contributed by atoms with Crippen molar-refractivity contribution in [2.24, 2.45) is 11.8 Å². The van der Waals surface area contributed by atoms with Crippen molar-refractivity contribution in [1.29, 1.82) is 0 Å². The zero-order chi connectivity index (χ0) is 27.6. The Hall–Kier alpha value is -2.68. The summed E-state index contributed by atoms with van der Waals surface area (Å²) in [6.07, 6.45) is -8.57. The van der Waals surface area contributed by atoms with Gasteiger partial charge in [-0.3, -0.25) is 0 Å². The normalized spacial score (nSPS) is 33.3. The minimum absolute atomic E-state index is 0.0582. The number of benzene rings is 2. The predicted octanol–water partition coefficient (Wildman–Crippen LogP) is -0.0312. The molecular weight excluding hydrogens is 504 g/mol. The average Bonchev–Trinajstić information content (AvgIpc) is 3.30. The van der Waals surface area contributed by atoms with Crippen LogP contribution >= 0.6 is 0 Å². The van der Waals surface area contributed by atoms with E-state index in [1.165, 1.54) is 26.4 Å². The first-order chi connectivity index (χ1) is 18.2. The number of ether oxygens (including phenoxy) is 5. The topological polar surface area (TPSA) is 188 Å². The van der Waals surface area contributed by atoms with Crippen molar-refractivity contribution in [1.82, 2.24) is 0 Å². The van der Waals surface area contributed by atoms with Gasteiger partial charge in [-0.25, -0.2) is 0 Å². The van der Waals surface area contributed by atoms with Crippen LogP contribution in [-0.2, 0) is 14.2 Å². The van der Waals surface area contributed by atoms with Crippen LogP contribution in [0, 0.1) is 11.8 Å². The lowest BCUT2D eigenvalue weighted by Crippen LogP contribution is -2.59. The van der Waals surface area contributed by atoms with Gasteiger partial charge in [-0.2, -0.15) is 0 Å². The molecule has 210 valence electrons. The first kappa shape index (κ1) is 28.3. The Morgan fingerprint density at radius 2 is 1.26 bits per heavy atom. The summed E-state index contributed by atoms with van der Waals surface area (Å²) in [6, 6.07) is 9.44. The highest BCUT2D eigenvalue weighted by molar-refractivity contribution is 5.44. The summed E-state index contributed by atoms with van der Waals surface area (Å²) < 4.78 is 28.2. The molecule has 0 saturated carbocycles. The van der Waals surface area contributed by atoms with Crippen molar-refractivity contribution >= 4 is 0 Å². The van der Waals surface area contributed by atoms with Crippen molar-refractivity contribution in [3.8, 4) is 23.0 Å². The van der Waals surface area contributed by atoms with Crippen LogP contribution in [0.15, 0.2) is 36.4 Å². The van der Waals surface area contributed by atoms with Crippen molar-refractivity contribution in [2.45, 2.75) is 42.9 Å². The van der Waals surface area contributed by atoms with Gasteiger partial charge in [-0.05, 0) is 35.4 Å². The Morgan fingerprint density at radius 3 is 1.76 bits per heavy atom. The zero-order valence-electron chi connectivity index (χ0n) is 21.0. The maximum Gasteiger partial charge on any atom is 0.186 e. The van der Waals surface area contributed by atoms with E-state index in [4.69, 9.17) is 23.7 Å². The molecule has 2 fully saturated rings. The van der Waals surface area contributed by atoms with E-state index in [-0.39, 0.29) is 36.2 Å². The average molecular weight is 539 g/mol. The molecule has 38 heavy (non-hydrogen) atoms. The maximum absolute atomic E-state index is 10.4. The number of phenolic OH excluding ortho intramolecular Hbond substituents is 2. The maximum atomic E-state index is 10.4. The standard InChI is InChI=1S/C26H34O12/c1-34-18-7-12(3-5-16(18)29)24-14(9-27)15(25(38-24)13-4-6-17(30)19(8-13)35-2)11-36-26-23(33)22(32)21(31)20(10-28)37-26/h3-8,14-15,20-33H,9-11H2,1-2H3/t14-,15+,20+,21+,22-,23+,24-,25-,26-/m0/s1. The molecule has 12 nitrogen and oxygen atoms in total. The highest BCUT2D eigenvalue weighted by Crippen LogP contribution is 2.51. The number of aliphatic hydroxyl groups is 5. The second-order valence-electron chi connectivity index (χ2n) is 9.38. The smallest absolute Gasteiger partial charge is 0.186 e. The third-order valence-electron chi connectivity index (χ3n) is 7.20. The van der Waals surface area contributed by atoms with Crippen LogP contribution < -0.4 is 9.47 Å². The number of hydrogen-bond acceptors (Lipinski definition) is 12. The largest absolute Gasteiger partial charge is 0.504 e. The fourth-order valence-corrected chi connectivity index (χ4v) is 5.06. The minimum Gasteiger partial charge on any atom is -0.504 e. The van der Waals surface area contributed by atoms with E-state index in [9.17, 15) is 35.7 Å². The fourth-order valence-electron chi connectivity index (χ4n) is 5.06. The van der Waals surface area contributed by atoms with Gasteiger partial charge in [-0.1, -0.05) is 12.1 Å². The lowest BCUT2D eigenvalue weighted by Gasteiger charge is -2.40. The molecule has 0 aliphatic carbocycles. The van der Waals surface area contributed by atoms with E-state index in [1.54, 1.807) is 24.3 Å². The molecule has 2 heterocycles.